The highest BCUT2D eigenvalue weighted by Crippen LogP contribution is 2.62. The molecule has 6 aliphatic rings. The number of esters is 1. The van der Waals surface area contributed by atoms with E-state index in [1.54, 1.807) is 0 Å². The molecule has 0 unspecified atom stereocenters. The Bertz CT molecular complexity index is 1430. The summed E-state index contributed by atoms with van der Waals surface area (Å²) < 4.78 is 5.98. The normalized spacial score (nSPS) is 38.5. The van der Waals surface area contributed by atoms with Crippen LogP contribution in [0.2, 0.25) is 0 Å². The Morgan fingerprint density at radius 3 is 1.89 bits per heavy atom. The zero-order valence-corrected chi connectivity index (χ0v) is 28.3. The molecule has 6 aliphatic carbocycles. The van der Waals surface area contributed by atoms with Crippen molar-refractivity contribution in [3.8, 4) is 11.5 Å². The van der Waals surface area contributed by atoms with Gasteiger partial charge in [0.2, 0.25) is 0 Å². The van der Waals surface area contributed by atoms with Gasteiger partial charge in [-0.1, -0.05) is 39.3 Å². The fourth-order valence-corrected chi connectivity index (χ4v) is 11.8. The number of aliphatic hydroxyl groups excluding tert-OH is 1. The van der Waals surface area contributed by atoms with Crippen molar-refractivity contribution in [2.24, 2.45) is 34.5 Å². The molecule has 10 atom stereocenters. The Kier molecular flexibility index (Phi) is 8.70. The first kappa shape index (κ1) is 32.0. The van der Waals surface area contributed by atoms with E-state index in [1.165, 1.54) is 60.8 Å². The number of aryl methyl sites for hydroxylation is 2. The molecule has 4 fully saturated rings. The third-order valence-electron chi connectivity index (χ3n) is 14.3. The number of aliphatic hydroxyl groups is 1. The van der Waals surface area contributed by atoms with Crippen LogP contribution in [0.1, 0.15) is 138 Å². The SMILES string of the molecule is CCCCC(=O)O[C@H]1CC[C@H]2[C@@H]3CCc4cc(O)ccc4[C@H]3CC[C@]12C.C[C@]12CC[C@@H]3c4ccc(O)cc4CC[C@H]3[C@@H]1CC[C@@H]2O. The molecule has 2 aromatic rings. The summed E-state index contributed by atoms with van der Waals surface area (Å²) in [6.45, 7) is 6.81. The highest BCUT2D eigenvalue weighted by molar-refractivity contribution is 5.69. The van der Waals surface area contributed by atoms with E-state index in [-0.39, 0.29) is 29.0 Å². The van der Waals surface area contributed by atoms with Gasteiger partial charge in [-0.05, 0) is 171 Å². The van der Waals surface area contributed by atoms with Crippen LogP contribution in [0.5, 0.6) is 11.5 Å². The van der Waals surface area contributed by atoms with Gasteiger partial charge >= 0.3 is 5.97 Å². The average molecular weight is 629 g/mol. The maximum absolute atomic E-state index is 12.2. The van der Waals surface area contributed by atoms with E-state index < -0.39 is 0 Å². The minimum atomic E-state index is -0.0883. The van der Waals surface area contributed by atoms with Gasteiger partial charge in [-0.3, -0.25) is 4.79 Å². The van der Waals surface area contributed by atoms with E-state index in [0.717, 1.165) is 57.3 Å². The van der Waals surface area contributed by atoms with Crippen molar-refractivity contribution in [1.82, 2.24) is 0 Å². The van der Waals surface area contributed by atoms with Gasteiger partial charge < -0.3 is 20.1 Å². The van der Waals surface area contributed by atoms with Crippen molar-refractivity contribution < 1.29 is 24.9 Å². The molecule has 0 bridgehead atoms. The molecule has 2 aromatic carbocycles. The lowest BCUT2D eigenvalue weighted by Crippen LogP contribution is -2.45. The van der Waals surface area contributed by atoms with E-state index in [0.29, 0.717) is 47.5 Å². The quantitative estimate of drug-likeness (QED) is 0.294. The van der Waals surface area contributed by atoms with E-state index >= 15 is 0 Å². The van der Waals surface area contributed by atoms with Gasteiger partial charge in [0.05, 0.1) is 6.10 Å². The number of phenolic OH excluding ortho intramolecular Hbond substituents is 2. The predicted molar refractivity (Wildman–Crippen MR) is 181 cm³/mol. The van der Waals surface area contributed by atoms with Crippen molar-refractivity contribution >= 4 is 5.97 Å². The Labute approximate surface area is 276 Å². The summed E-state index contributed by atoms with van der Waals surface area (Å²) in [5.41, 5.74) is 5.95. The van der Waals surface area contributed by atoms with E-state index in [4.69, 9.17) is 4.74 Å². The number of ether oxygens (including phenoxy) is 1. The lowest BCUT2D eigenvalue weighted by atomic mass is 9.55. The van der Waals surface area contributed by atoms with Crippen molar-refractivity contribution in [3.63, 3.8) is 0 Å². The summed E-state index contributed by atoms with van der Waals surface area (Å²) >= 11 is 0. The number of hydrogen-bond donors (Lipinski definition) is 3. The van der Waals surface area contributed by atoms with Gasteiger partial charge in [-0.25, -0.2) is 0 Å². The molecule has 0 spiro atoms. The third-order valence-corrected chi connectivity index (χ3v) is 14.3. The van der Waals surface area contributed by atoms with Crippen molar-refractivity contribution in [1.29, 1.82) is 0 Å². The van der Waals surface area contributed by atoms with Gasteiger partial charge in [0.1, 0.15) is 17.6 Å². The molecule has 4 saturated carbocycles. The summed E-state index contributed by atoms with van der Waals surface area (Å²) in [5.74, 6) is 4.86. The number of phenols is 2. The van der Waals surface area contributed by atoms with Crippen LogP contribution in [0.4, 0.5) is 0 Å². The molecule has 250 valence electrons. The lowest BCUT2D eigenvalue weighted by molar-refractivity contribution is -0.157. The monoisotopic (exact) mass is 628 g/mol. The van der Waals surface area contributed by atoms with E-state index in [2.05, 4.69) is 32.9 Å². The van der Waals surface area contributed by atoms with Crippen LogP contribution in [-0.4, -0.2) is 33.5 Å². The number of benzene rings is 2. The minimum absolute atomic E-state index is 0.00492. The predicted octanol–water partition coefficient (Wildman–Crippen LogP) is 8.96. The number of carbonyl (C=O) groups excluding carboxylic acids is 1. The minimum Gasteiger partial charge on any atom is -0.508 e. The van der Waals surface area contributed by atoms with Crippen LogP contribution in [0.3, 0.4) is 0 Å². The van der Waals surface area contributed by atoms with Crippen LogP contribution in [0.25, 0.3) is 0 Å². The molecule has 3 N–H and O–H groups in total. The standard InChI is InChI=1S/C23H32O3.C18H24O2/c1-3-4-5-22(25)26-21-11-10-20-19-8-6-15-14-16(24)7-9-17(15)18(19)12-13-23(20,21)2;1-18-9-8-14-13-5-3-12(19)10-11(13)2-4-15(14)16(18)6-7-17(18)20/h7,9,14,18-21,24H,3-6,8,10-13H2,1-2H3;3,5,10,14-17,19-20H,2,4,6-9H2,1H3/t18-,19-,20+,21+,23+;14-,15-,16+,17+,18+/m11/s1. The van der Waals surface area contributed by atoms with Crippen LogP contribution >= 0.6 is 0 Å². The molecular weight excluding hydrogens is 572 g/mol. The molecule has 0 aliphatic heterocycles. The molecule has 5 heteroatoms. The summed E-state index contributed by atoms with van der Waals surface area (Å²) in [4.78, 5) is 12.2. The number of aromatic hydroxyl groups is 2. The first-order valence-corrected chi connectivity index (χ1v) is 18.6. The molecule has 0 saturated heterocycles. The van der Waals surface area contributed by atoms with Gasteiger partial charge in [0, 0.05) is 11.8 Å². The first-order chi connectivity index (χ1) is 22.1. The number of rotatable bonds is 4. The number of fused-ring (bicyclic) bond motifs is 10. The Hall–Kier alpha value is -2.53. The van der Waals surface area contributed by atoms with Crippen LogP contribution < -0.4 is 0 Å². The summed E-state index contributed by atoms with van der Waals surface area (Å²) in [6, 6.07) is 11.9. The summed E-state index contributed by atoms with van der Waals surface area (Å²) in [7, 11) is 0. The van der Waals surface area contributed by atoms with Gasteiger partial charge in [0.25, 0.3) is 0 Å². The molecular formula is C41H56O5. The van der Waals surface area contributed by atoms with Crippen LogP contribution in [0, 0.1) is 34.5 Å². The maximum atomic E-state index is 12.2. The van der Waals surface area contributed by atoms with Gasteiger partial charge in [0.15, 0.2) is 0 Å². The molecule has 46 heavy (non-hydrogen) atoms. The fraction of sp³-hybridized carbons (Fsp3) is 0.683. The lowest BCUT2D eigenvalue weighted by Gasteiger charge is -2.50. The maximum Gasteiger partial charge on any atom is 0.306 e. The highest BCUT2D eigenvalue weighted by Gasteiger charge is 2.56. The molecule has 0 heterocycles. The molecule has 8 rings (SSSR count). The second-order valence-electron chi connectivity index (χ2n) is 16.4. The van der Waals surface area contributed by atoms with Crippen molar-refractivity contribution in [2.45, 2.75) is 141 Å². The number of carbonyl (C=O) groups is 1. The second-order valence-corrected chi connectivity index (χ2v) is 16.4. The van der Waals surface area contributed by atoms with Crippen molar-refractivity contribution in [3.05, 3.63) is 58.7 Å². The molecule has 5 nitrogen and oxygen atoms in total. The Balaban J connectivity index is 0.000000152. The van der Waals surface area contributed by atoms with E-state index in [1.807, 2.05) is 24.3 Å². The fourth-order valence-electron chi connectivity index (χ4n) is 11.8. The summed E-state index contributed by atoms with van der Waals surface area (Å²) in [6.07, 6.45) is 16.2. The number of unbranched alkanes of at least 4 members (excludes halogenated alkanes) is 1. The van der Waals surface area contributed by atoms with Gasteiger partial charge in [-0.2, -0.15) is 0 Å². The zero-order valence-electron chi connectivity index (χ0n) is 28.3. The largest absolute Gasteiger partial charge is 0.508 e. The Morgan fingerprint density at radius 2 is 1.30 bits per heavy atom. The smallest absolute Gasteiger partial charge is 0.306 e. The van der Waals surface area contributed by atoms with Crippen LogP contribution in [-0.2, 0) is 22.4 Å². The van der Waals surface area contributed by atoms with Crippen molar-refractivity contribution in [2.75, 3.05) is 0 Å². The zero-order chi connectivity index (χ0) is 32.2. The van der Waals surface area contributed by atoms with Crippen LogP contribution in [0.15, 0.2) is 36.4 Å². The third kappa shape index (κ3) is 5.47. The highest BCUT2D eigenvalue weighted by atomic mass is 16.5. The second kappa shape index (κ2) is 12.5. The molecule has 0 aromatic heterocycles. The molecule has 0 radical (unpaired) electrons. The Morgan fingerprint density at radius 1 is 0.761 bits per heavy atom. The first-order valence-electron chi connectivity index (χ1n) is 18.6. The number of hydrogen-bond acceptors (Lipinski definition) is 5. The molecule has 0 amide bonds. The topological polar surface area (TPSA) is 87.0 Å². The average Bonchev–Trinajstić information content (AvgIpc) is 3.54. The summed E-state index contributed by atoms with van der Waals surface area (Å²) in [5, 5.41) is 29.9. The van der Waals surface area contributed by atoms with E-state index in [9.17, 15) is 20.1 Å². The van der Waals surface area contributed by atoms with Gasteiger partial charge in [-0.15, -0.1) is 0 Å².